The number of benzene rings is 2. The Bertz CT molecular complexity index is 746. The molecule has 0 bridgehead atoms. The molecule has 0 amide bonds. The molecule has 1 heterocycles. The summed E-state index contributed by atoms with van der Waals surface area (Å²) in [6.07, 6.45) is 6.10. The van der Waals surface area contributed by atoms with Crippen LogP contribution in [0.25, 0.3) is 0 Å². The lowest BCUT2D eigenvalue weighted by Crippen LogP contribution is -2.26. The van der Waals surface area contributed by atoms with Gasteiger partial charge in [0, 0.05) is 5.56 Å². The molecule has 2 aliphatic rings. The molecule has 4 rings (SSSR count). The number of methoxy groups -OCH3 is 1. The SMILES string of the molecule is COc1cccc2c1[C@@H](Cc1ccc(C3CCNCC3)cc1C)CC2. The highest BCUT2D eigenvalue weighted by molar-refractivity contribution is 5.47. The van der Waals surface area contributed by atoms with E-state index in [4.69, 9.17) is 4.74 Å². The molecule has 1 aliphatic carbocycles. The van der Waals surface area contributed by atoms with Crippen LogP contribution in [0.2, 0.25) is 0 Å². The minimum atomic E-state index is 0.592. The molecule has 0 radical (unpaired) electrons. The van der Waals surface area contributed by atoms with Crippen molar-refractivity contribution in [3.63, 3.8) is 0 Å². The van der Waals surface area contributed by atoms with Gasteiger partial charge in [0.25, 0.3) is 0 Å². The first-order valence-corrected chi connectivity index (χ1v) is 9.72. The Kier molecular flexibility index (Phi) is 4.80. The van der Waals surface area contributed by atoms with Crippen LogP contribution in [0.3, 0.4) is 0 Å². The lowest BCUT2D eigenvalue weighted by molar-refractivity contribution is 0.406. The zero-order valence-electron chi connectivity index (χ0n) is 15.5. The summed E-state index contributed by atoms with van der Waals surface area (Å²) >= 11 is 0. The van der Waals surface area contributed by atoms with Gasteiger partial charge in [-0.15, -0.1) is 0 Å². The van der Waals surface area contributed by atoms with E-state index >= 15 is 0 Å². The summed E-state index contributed by atoms with van der Waals surface area (Å²) < 4.78 is 5.65. The van der Waals surface area contributed by atoms with Crippen molar-refractivity contribution in [1.82, 2.24) is 5.32 Å². The van der Waals surface area contributed by atoms with Crippen LogP contribution in [0.15, 0.2) is 36.4 Å². The Morgan fingerprint density at radius 2 is 1.92 bits per heavy atom. The fraction of sp³-hybridized carbons (Fsp3) is 0.478. The zero-order chi connectivity index (χ0) is 17.2. The Labute approximate surface area is 151 Å². The van der Waals surface area contributed by atoms with E-state index < -0.39 is 0 Å². The van der Waals surface area contributed by atoms with Gasteiger partial charge < -0.3 is 10.1 Å². The molecule has 2 nitrogen and oxygen atoms in total. The van der Waals surface area contributed by atoms with Gasteiger partial charge >= 0.3 is 0 Å². The number of hydrogen-bond acceptors (Lipinski definition) is 2. The number of aryl methyl sites for hydroxylation is 2. The predicted octanol–water partition coefficient (Wildman–Crippen LogP) is 4.74. The van der Waals surface area contributed by atoms with Gasteiger partial charge in [-0.25, -0.2) is 0 Å². The molecule has 25 heavy (non-hydrogen) atoms. The standard InChI is InChI=1S/C23H29NO/c1-16-14-20(17-10-12-24-13-11-17)8-7-19(16)15-21-9-6-18-4-3-5-22(25-2)23(18)21/h3-5,7-8,14,17,21,24H,6,9-13,15H2,1-2H3/t21-/m1/s1. The maximum Gasteiger partial charge on any atom is 0.122 e. The van der Waals surface area contributed by atoms with E-state index in [-0.39, 0.29) is 0 Å². The summed E-state index contributed by atoms with van der Waals surface area (Å²) in [5, 5.41) is 3.47. The van der Waals surface area contributed by atoms with Crippen LogP contribution >= 0.6 is 0 Å². The van der Waals surface area contributed by atoms with Crippen molar-refractivity contribution in [2.24, 2.45) is 0 Å². The fourth-order valence-corrected chi connectivity index (χ4v) is 4.75. The summed E-state index contributed by atoms with van der Waals surface area (Å²) in [4.78, 5) is 0. The van der Waals surface area contributed by atoms with Crippen LogP contribution in [0.4, 0.5) is 0 Å². The minimum absolute atomic E-state index is 0.592. The lowest BCUT2D eigenvalue weighted by atomic mass is 9.86. The third-order valence-corrected chi connectivity index (χ3v) is 6.19. The Balaban J connectivity index is 1.55. The molecular weight excluding hydrogens is 306 g/mol. The van der Waals surface area contributed by atoms with Crippen molar-refractivity contribution >= 4 is 0 Å². The number of rotatable bonds is 4. The van der Waals surface area contributed by atoms with E-state index in [0.717, 1.165) is 31.2 Å². The Hall–Kier alpha value is -1.80. The van der Waals surface area contributed by atoms with Crippen molar-refractivity contribution < 1.29 is 4.74 Å². The minimum Gasteiger partial charge on any atom is -0.496 e. The van der Waals surface area contributed by atoms with Crippen LogP contribution in [-0.2, 0) is 12.8 Å². The maximum absolute atomic E-state index is 5.65. The van der Waals surface area contributed by atoms with Crippen LogP contribution in [0, 0.1) is 6.92 Å². The van der Waals surface area contributed by atoms with Crippen LogP contribution < -0.4 is 10.1 Å². The van der Waals surface area contributed by atoms with Crippen molar-refractivity contribution in [3.8, 4) is 5.75 Å². The normalized spacial score (nSPS) is 20.5. The quantitative estimate of drug-likeness (QED) is 0.871. The molecule has 0 unspecified atom stereocenters. The van der Waals surface area contributed by atoms with Crippen molar-refractivity contribution in [1.29, 1.82) is 0 Å². The number of nitrogens with one attached hydrogen (secondary N) is 1. The Morgan fingerprint density at radius 1 is 1.08 bits per heavy atom. The summed E-state index contributed by atoms with van der Waals surface area (Å²) in [6, 6.07) is 13.7. The third kappa shape index (κ3) is 3.32. The van der Waals surface area contributed by atoms with E-state index in [2.05, 4.69) is 48.6 Å². The molecule has 0 aromatic heterocycles. The van der Waals surface area contributed by atoms with E-state index in [1.165, 1.54) is 53.5 Å². The molecule has 1 aliphatic heterocycles. The first-order valence-electron chi connectivity index (χ1n) is 9.72. The topological polar surface area (TPSA) is 21.3 Å². The summed E-state index contributed by atoms with van der Waals surface area (Å²) in [5.41, 5.74) is 7.42. The number of fused-ring (bicyclic) bond motifs is 1. The molecule has 2 aromatic rings. The number of hydrogen-bond donors (Lipinski definition) is 1. The highest BCUT2D eigenvalue weighted by Gasteiger charge is 2.26. The maximum atomic E-state index is 5.65. The van der Waals surface area contributed by atoms with Crippen molar-refractivity contribution in [3.05, 3.63) is 64.2 Å². The molecule has 2 aromatic carbocycles. The largest absolute Gasteiger partial charge is 0.496 e. The smallest absolute Gasteiger partial charge is 0.122 e. The summed E-state index contributed by atoms with van der Waals surface area (Å²) in [6.45, 7) is 4.60. The molecule has 1 atom stereocenters. The highest BCUT2D eigenvalue weighted by Crippen LogP contribution is 2.41. The second-order valence-corrected chi connectivity index (χ2v) is 7.68. The first-order chi connectivity index (χ1) is 12.3. The average Bonchev–Trinajstić information content (AvgIpc) is 3.07. The molecule has 0 spiro atoms. The molecule has 1 N–H and O–H groups in total. The third-order valence-electron chi connectivity index (χ3n) is 6.19. The van der Waals surface area contributed by atoms with E-state index in [0.29, 0.717) is 5.92 Å². The molecule has 132 valence electrons. The monoisotopic (exact) mass is 335 g/mol. The van der Waals surface area contributed by atoms with Gasteiger partial charge in [-0.1, -0.05) is 30.3 Å². The van der Waals surface area contributed by atoms with Crippen molar-refractivity contribution in [2.75, 3.05) is 20.2 Å². The van der Waals surface area contributed by atoms with Gasteiger partial charge in [-0.2, -0.15) is 0 Å². The van der Waals surface area contributed by atoms with Gasteiger partial charge in [0.1, 0.15) is 5.75 Å². The van der Waals surface area contributed by atoms with Gasteiger partial charge in [-0.05, 0) is 92.3 Å². The van der Waals surface area contributed by atoms with Crippen LogP contribution in [0.5, 0.6) is 5.75 Å². The van der Waals surface area contributed by atoms with Crippen LogP contribution in [-0.4, -0.2) is 20.2 Å². The second kappa shape index (κ2) is 7.21. The fourth-order valence-electron chi connectivity index (χ4n) is 4.75. The molecule has 1 fully saturated rings. The van der Waals surface area contributed by atoms with Gasteiger partial charge in [0.05, 0.1) is 7.11 Å². The number of ether oxygens (including phenoxy) is 1. The summed E-state index contributed by atoms with van der Waals surface area (Å²) in [7, 11) is 1.80. The first kappa shape index (κ1) is 16.7. The lowest BCUT2D eigenvalue weighted by Gasteiger charge is -2.24. The van der Waals surface area contributed by atoms with Crippen LogP contribution in [0.1, 0.15) is 58.9 Å². The van der Waals surface area contributed by atoms with Crippen molar-refractivity contribution in [2.45, 2.75) is 50.9 Å². The highest BCUT2D eigenvalue weighted by atomic mass is 16.5. The summed E-state index contributed by atoms with van der Waals surface area (Å²) in [5.74, 6) is 2.40. The van der Waals surface area contributed by atoms with Gasteiger partial charge in [0.2, 0.25) is 0 Å². The molecule has 2 heteroatoms. The van der Waals surface area contributed by atoms with E-state index in [9.17, 15) is 0 Å². The van der Waals surface area contributed by atoms with Gasteiger partial charge in [0.15, 0.2) is 0 Å². The van der Waals surface area contributed by atoms with Gasteiger partial charge in [-0.3, -0.25) is 0 Å². The molecular formula is C23H29NO. The second-order valence-electron chi connectivity index (χ2n) is 7.68. The zero-order valence-corrected chi connectivity index (χ0v) is 15.5. The Morgan fingerprint density at radius 3 is 2.68 bits per heavy atom. The average molecular weight is 335 g/mol. The van der Waals surface area contributed by atoms with E-state index in [1.54, 1.807) is 7.11 Å². The number of piperidine rings is 1. The molecule has 0 saturated carbocycles. The predicted molar refractivity (Wildman–Crippen MR) is 104 cm³/mol. The molecule has 1 saturated heterocycles. The van der Waals surface area contributed by atoms with E-state index in [1.807, 2.05) is 0 Å².